The molecule has 0 spiro atoms. The van der Waals surface area contributed by atoms with Gasteiger partial charge in [0.1, 0.15) is 5.60 Å². The van der Waals surface area contributed by atoms with E-state index in [1.807, 2.05) is 34.6 Å². The summed E-state index contributed by atoms with van der Waals surface area (Å²) in [6, 6.07) is 0.333. The van der Waals surface area contributed by atoms with E-state index in [9.17, 15) is 4.79 Å². The molecule has 11 heavy (non-hydrogen) atoms. The summed E-state index contributed by atoms with van der Waals surface area (Å²) in [6.45, 7) is 9.81. The minimum Gasteiger partial charge on any atom is -0.462 e. The molecule has 2 N–H and O–H groups in total. The van der Waals surface area contributed by atoms with Crippen molar-refractivity contribution in [3.8, 4) is 0 Å². The highest BCUT2D eigenvalue weighted by atomic mass is 16.5. The first kappa shape index (κ1) is 13.1. The van der Waals surface area contributed by atoms with Crippen molar-refractivity contribution in [2.24, 2.45) is 5.73 Å². The molecule has 0 saturated heterocycles. The third-order valence-electron chi connectivity index (χ3n) is 0.402. The van der Waals surface area contributed by atoms with Crippen molar-refractivity contribution in [3.05, 3.63) is 0 Å². The van der Waals surface area contributed by atoms with Gasteiger partial charge in [-0.05, 0) is 26.8 Å². The van der Waals surface area contributed by atoms with Crippen molar-refractivity contribution in [1.82, 2.24) is 0 Å². The van der Waals surface area contributed by atoms with Crippen LogP contribution in [0.2, 0.25) is 0 Å². The minimum absolute atomic E-state index is 0.318. The van der Waals surface area contributed by atoms with Crippen LogP contribution >= 0.6 is 0 Å². The zero-order valence-corrected chi connectivity index (χ0v) is 8.05. The Morgan fingerprint density at radius 1 is 1.36 bits per heavy atom. The first-order valence-electron chi connectivity index (χ1n) is 3.66. The number of carbonyl (C=O) groups is 1. The van der Waals surface area contributed by atoms with Gasteiger partial charge in [0.05, 0.1) is 0 Å². The number of hydrogen-bond donors (Lipinski definition) is 1. The van der Waals surface area contributed by atoms with Gasteiger partial charge in [0.2, 0.25) is 0 Å². The minimum atomic E-state index is -0.318. The first-order chi connectivity index (χ1) is 4.79. The molecule has 0 aromatic rings. The number of carbonyl (C=O) groups excluding carboxylic acids is 1. The van der Waals surface area contributed by atoms with Crippen LogP contribution in [0.1, 0.15) is 34.6 Å². The Morgan fingerprint density at radius 3 is 1.64 bits per heavy atom. The maximum Gasteiger partial charge on any atom is 0.293 e. The van der Waals surface area contributed by atoms with Gasteiger partial charge in [0, 0.05) is 0 Å². The standard InChI is InChI=1S/C5H10O2.C3H9N/c1-5(2,3)7-4-6;1-3(2)4/h4H,1-3H3;3H,4H2,1-2H3. The Kier molecular flexibility index (Phi) is 7.31. The Morgan fingerprint density at radius 2 is 1.64 bits per heavy atom. The van der Waals surface area contributed by atoms with Crippen LogP contribution in [-0.2, 0) is 9.53 Å². The lowest BCUT2D eigenvalue weighted by molar-refractivity contribution is -0.138. The Hall–Kier alpha value is -0.570. The summed E-state index contributed by atoms with van der Waals surface area (Å²) >= 11 is 0. The molecule has 68 valence electrons. The molecule has 0 saturated carbocycles. The third-order valence-corrected chi connectivity index (χ3v) is 0.402. The second-order valence-corrected chi connectivity index (χ2v) is 3.57. The molecule has 0 fully saturated rings. The fourth-order valence-corrected chi connectivity index (χ4v) is 0.144. The topological polar surface area (TPSA) is 52.3 Å². The summed E-state index contributed by atoms with van der Waals surface area (Å²) in [4.78, 5) is 9.60. The summed E-state index contributed by atoms with van der Waals surface area (Å²) in [7, 11) is 0. The van der Waals surface area contributed by atoms with Gasteiger partial charge in [-0.2, -0.15) is 0 Å². The SMILES string of the molecule is CC(C)(C)OC=O.CC(C)N. The lowest BCUT2D eigenvalue weighted by Gasteiger charge is -2.14. The molecule has 0 heterocycles. The Labute approximate surface area is 68.9 Å². The quantitative estimate of drug-likeness (QED) is 0.590. The highest BCUT2D eigenvalue weighted by Crippen LogP contribution is 2.02. The van der Waals surface area contributed by atoms with Crippen LogP contribution in [0.15, 0.2) is 0 Å². The predicted octanol–water partition coefficient (Wildman–Crippen LogP) is 1.31. The number of rotatable bonds is 1. The highest BCUT2D eigenvalue weighted by Gasteiger charge is 2.07. The van der Waals surface area contributed by atoms with Crippen molar-refractivity contribution in [2.45, 2.75) is 46.3 Å². The molecule has 0 aromatic carbocycles. The average Bonchev–Trinajstić information content (AvgIpc) is 1.58. The average molecular weight is 161 g/mol. The van der Waals surface area contributed by atoms with Crippen LogP contribution < -0.4 is 5.73 Å². The van der Waals surface area contributed by atoms with E-state index in [1.165, 1.54) is 0 Å². The second kappa shape index (κ2) is 6.16. The van der Waals surface area contributed by atoms with E-state index >= 15 is 0 Å². The van der Waals surface area contributed by atoms with E-state index in [0.717, 1.165) is 0 Å². The van der Waals surface area contributed by atoms with Crippen molar-refractivity contribution < 1.29 is 9.53 Å². The molecular formula is C8H19NO2. The number of hydrogen-bond acceptors (Lipinski definition) is 3. The van der Waals surface area contributed by atoms with E-state index in [1.54, 1.807) is 0 Å². The van der Waals surface area contributed by atoms with Crippen molar-refractivity contribution in [3.63, 3.8) is 0 Å². The van der Waals surface area contributed by atoms with E-state index in [0.29, 0.717) is 12.5 Å². The van der Waals surface area contributed by atoms with Gasteiger partial charge in [-0.3, -0.25) is 4.79 Å². The maximum atomic E-state index is 9.60. The molecule has 0 aliphatic carbocycles. The van der Waals surface area contributed by atoms with E-state index in [4.69, 9.17) is 5.73 Å². The van der Waals surface area contributed by atoms with Crippen LogP contribution in [0.25, 0.3) is 0 Å². The molecule has 0 atom stereocenters. The summed E-state index contributed by atoms with van der Waals surface area (Å²) in [5.74, 6) is 0. The fraction of sp³-hybridized carbons (Fsp3) is 0.875. The molecule has 3 heteroatoms. The highest BCUT2D eigenvalue weighted by molar-refractivity contribution is 5.37. The van der Waals surface area contributed by atoms with Crippen molar-refractivity contribution >= 4 is 6.47 Å². The van der Waals surface area contributed by atoms with Gasteiger partial charge in [-0.25, -0.2) is 0 Å². The number of nitrogens with two attached hydrogens (primary N) is 1. The molecule has 0 bridgehead atoms. The van der Waals surface area contributed by atoms with Crippen LogP contribution in [0.5, 0.6) is 0 Å². The molecular weight excluding hydrogens is 142 g/mol. The largest absolute Gasteiger partial charge is 0.462 e. The van der Waals surface area contributed by atoms with Gasteiger partial charge in [-0.1, -0.05) is 13.8 Å². The molecule has 0 amide bonds. The molecule has 0 aliphatic heterocycles. The normalized spacial score (nSPS) is 10.1. The molecule has 3 nitrogen and oxygen atoms in total. The predicted molar refractivity (Wildman–Crippen MR) is 46.2 cm³/mol. The van der Waals surface area contributed by atoms with Crippen molar-refractivity contribution in [1.29, 1.82) is 0 Å². The summed E-state index contributed by atoms with van der Waals surface area (Å²) < 4.78 is 4.55. The van der Waals surface area contributed by atoms with E-state index in [-0.39, 0.29) is 5.60 Å². The maximum absolute atomic E-state index is 9.60. The monoisotopic (exact) mass is 161 g/mol. The Bertz CT molecular complexity index is 92.0. The fourth-order valence-electron chi connectivity index (χ4n) is 0.144. The lowest BCUT2D eigenvalue weighted by Crippen LogP contribution is -2.17. The lowest BCUT2D eigenvalue weighted by atomic mass is 10.2. The zero-order chi connectivity index (χ0) is 9.49. The van der Waals surface area contributed by atoms with Gasteiger partial charge in [-0.15, -0.1) is 0 Å². The summed E-state index contributed by atoms with van der Waals surface area (Å²) in [5, 5.41) is 0. The molecule has 0 unspecified atom stereocenters. The van der Waals surface area contributed by atoms with Crippen LogP contribution in [-0.4, -0.2) is 18.1 Å². The summed E-state index contributed by atoms with van der Waals surface area (Å²) in [5.41, 5.74) is 4.79. The van der Waals surface area contributed by atoms with Gasteiger partial charge < -0.3 is 10.5 Å². The second-order valence-electron chi connectivity index (χ2n) is 3.57. The molecule has 0 radical (unpaired) electrons. The molecule has 0 rings (SSSR count). The van der Waals surface area contributed by atoms with Crippen LogP contribution in [0.3, 0.4) is 0 Å². The molecule has 0 aliphatic rings. The summed E-state index contributed by atoms with van der Waals surface area (Å²) in [6.07, 6.45) is 0. The van der Waals surface area contributed by atoms with E-state index in [2.05, 4.69) is 4.74 Å². The van der Waals surface area contributed by atoms with E-state index < -0.39 is 0 Å². The number of ether oxygens (including phenoxy) is 1. The molecule has 0 aromatic heterocycles. The zero-order valence-electron chi connectivity index (χ0n) is 8.05. The first-order valence-corrected chi connectivity index (χ1v) is 3.66. The van der Waals surface area contributed by atoms with Gasteiger partial charge in [0.25, 0.3) is 6.47 Å². The van der Waals surface area contributed by atoms with Gasteiger partial charge in [0.15, 0.2) is 0 Å². The van der Waals surface area contributed by atoms with Crippen molar-refractivity contribution in [2.75, 3.05) is 0 Å². The Balaban J connectivity index is 0. The van der Waals surface area contributed by atoms with Gasteiger partial charge >= 0.3 is 0 Å². The van der Waals surface area contributed by atoms with Crippen LogP contribution in [0, 0.1) is 0 Å². The van der Waals surface area contributed by atoms with Crippen LogP contribution in [0.4, 0.5) is 0 Å². The third kappa shape index (κ3) is 44.2. The smallest absolute Gasteiger partial charge is 0.293 e.